The van der Waals surface area contributed by atoms with Crippen molar-refractivity contribution in [1.82, 2.24) is 10.3 Å². The number of anilines is 1. The molecule has 0 saturated heterocycles. The second-order valence-electron chi connectivity index (χ2n) is 7.10. The van der Waals surface area contributed by atoms with Crippen molar-refractivity contribution >= 4 is 34.4 Å². The minimum Gasteiger partial charge on any atom is -0.477 e. The number of esters is 1. The van der Waals surface area contributed by atoms with Crippen molar-refractivity contribution < 1.29 is 23.9 Å². The number of rotatable bonds is 4. The number of fused-ring (bicyclic) bond motifs is 2. The number of hydrogen-bond donors (Lipinski definition) is 1. The number of aromatic nitrogens is 1. The first-order chi connectivity index (χ1) is 15.0. The summed E-state index contributed by atoms with van der Waals surface area (Å²) in [4.78, 5) is 43.6. The lowest BCUT2D eigenvalue weighted by Gasteiger charge is -2.33. The summed E-state index contributed by atoms with van der Waals surface area (Å²) >= 11 is 0. The summed E-state index contributed by atoms with van der Waals surface area (Å²) in [5.41, 5.74) is 2.22. The molecular formula is C23H21N3O5. The monoisotopic (exact) mass is 419 g/mol. The summed E-state index contributed by atoms with van der Waals surface area (Å²) in [5, 5.41) is 3.18. The number of likely N-dealkylation sites (N-methyl/N-ethyl adjacent to an activating group) is 1. The van der Waals surface area contributed by atoms with Gasteiger partial charge in [-0.05, 0) is 31.2 Å². The minimum atomic E-state index is -0.855. The first-order valence-corrected chi connectivity index (χ1v) is 9.79. The van der Waals surface area contributed by atoms with Crippen LogP contribution < -0.4 is 15.0 Å². The predicted molar refractivity (Wildman–Crippen MR) is 114 cm³/mol. The molecule has 2 aromatic carbocycles. The number of nitrogens with one attached hydrogen (secondary N) is 1. The summed E-state index contributed by atoms with van der Waals surface area (Å²) < 4.78 is 11.0. The number of carbonyl (C=O) groups is 3. The zero-order chi connectivity index (χ0) is 22.0. The van der Waals surface area contributed by atoms with Crippen LogP contribution in [0.15, 0.2) is 54.6 Å². The molecule has 8 nitrogen and oxygen atoms in total. The van der Waals surface area contributed by atoms with E-state index in [1.54, 1.807) is 43.3 Å². The van der Waals surface area contributed by atoms with Crippen LogP contribution in [-0.2, 0) is 14.3 Å². The van der Waals surface area contributed by atoms with E-state index in [1.165, 1.54) is 11.9 Å². The molecule has 0 bridgehead atoms. The summed E-state index contributed by atoms with van der Waals surface area (Å²) in [7, 11) is 1.50. The normalized spacial score (nSPS) is 15.0. The van der Waals surface area contributed by atoms with Crippen LogP contribution in [0.2, 0.25) is 0 Å². The number of aryl methyl sites for hydroxylation is 1. The van der Waals surface area contributed by atoms with E-state index < -0.39 is 24.6 Å². The lowest BCUT2D eigenvalue weighted by Crippen LogP contribution is -2.51. The molecule has 8 heteroatoms. The highest BCUT2D eigenvalue weighted by Crippen LogP contribution is 2.33. The van der Waals surface area contributed by atoms with Crippen molar-refractivity contribution in [2.45, 2.75) is 13.0 Å². The van der Waals surface area contributed by atoms with Gasteiger partial charge in [-0.1, -0.05) is 30.3 Å². The zero-order valence-electron chi connectivity index (χ0n) is 17.1. The fourth-order valence-corrected chi connectivity index (χ4v) is 3.53. The van der Waals surface area contributed by atoms with E-state index in [4.69, 9.17) is 9.47 Å². The number of para-hydroxylation sites is 3. The van der Waals surface area contributed by atoms with Gasteiger partial charge >= 0.3 is 5.97 Å². The van der Waals surface area contributed by atoms with Crippen LogP contribution in [-0.4, -0.2) is 49.1 Å². The average Bonchev–Trinajstić information content (AvgIpc) is 2.80. The maximum absolute atomic E-state index is 12.9. The molecule has 0 saturated carbocycles. The Morgan fingerprint density at radius 1 is 1.16 bits per heavy atom. The van der Waals surface area contributed by atoms with Gasteiger partial charge in [-0.25, -0.2) is 4.79 Å². The molecule has 0 radical (unpaired) electrons. The second-order valence-corrected chi connectivity index (χ2v) is 7.10. The van der Waals surface area contributed by atoms with Crippen LogP contribution in [0.25, 0.3) is 10.9 Å². The Kier molecular flexibility index (Phi) is 5.53. The number of benzene rings is 2. The predicted octanol–water partition coefficient (Wildman–Crippen LogP) is 2.24. The van der Waals surface area contributed by atoms with Crippen molar-refractivity contribution in [2.75, 3.05) is 25.1 Å². The summed E-state index contributed by atoms with van der Waals surface area (Å²) in [6.45, 7) is 1.34. The molecule has 3 aromatic rings. The fourth-order valence-electron chi connectivity index (χ4n) is 3.53. The zero-order valence-corrected chi connectivity index (χ0v) is 17.1. The van der Waals surface area contributed by atoms with Crippen molar-refractivity contribution in [3.05, 3.63) is 65.9 Å². The molecule has 1 atom stereocenters. The van der Waals surface area contributed by atoms with E-state index in [2.05, 4.69) is 10.3 Å². The van der Waals surface area contributed by atoms with Gasteiger partial charge in [0, 0.05) is 18.1 Å². The molecule has 1 N–H and O–H groups in total. The molecule has 2 heterocycles. The molecule has 1 aliphatic rings. The van der Waals surface area contributed by atoms with E-state index >= 15 is 0 Å². The minimum absolute atomic E-state index is 0.0182. The Labute approximate surface area is 178 Å². The van der Waals surface area contributed by atoms with Gasteiger partial charge in [0.05, 0.1) is 23.3 Å². The van der Waals surface area contributed by atoms with Gasteiger partial charge in [-0.15, -0.1) is 0 Å². The number of carbonyl (C=O) groups excluding carboxylic acids is 3. The van der Waals surface area contributed by atoms with E-state index in [9.17, 15) is 14.4 Å². The van der Waals surface area contributed by atoms with Crippen LogP contribution in [0.5, 0.6) is 5.75 Å². The Hall–Kier alpha value is -3.94. The van der Waals surface area contributed by atoms with Crippen LogP contribution in [0.3, 0.4) is 0 Å². The van der Waals surface area contributed by atoms with Gasteiger partial charge in [-0.3, -0.25) is 14.6 Å². The Morgan fingerprint density at radius 2 is 1.90 bits per heavy atom. The van der Waals surface area contributed by atoms with Crippen molar-refractivity contribution in [3.63, 3.8) is 0 Å². The molecule has 1 aromatic heterocycles. The lowest BCUT2D eigenvalue weighted by atomic mass is 10.1. The Balaban J connectivity index is 1.53. The molecular weight excluding hydrogens is 398 g/mol. The van der Waals surface area contributed by atoms with Crippen LogP contribution >= 0.6 is 0 Å². The van der Waals surface area contributed by atoms with Gasteiger partial charge in [0.15, 0.2) is 12.7 Å². The van der Waals surface area contributed by atoms with Crippen molar-refractivity contribution in [3.8, 4) is 5.75 Å². The molecule has 0 aliphatic carbocycles. The third kappa shape index (κ3) is 4.05. The number of amides is 2. The first kappa shape index (κ1) is 20.3. The Bertz CT molecular complexity index is 1180. The molecule has 1 aliphatic heterocycles. The second kappa shape index (κ2) is 8.43. The van der Waals surface area contributed by atoms with Gasteiger partial charge in [-0.2, -0.15) is 0 Å². The van der Waals surface area contributed by atoms with Gasteiger partial charge in [0.2, 0.25) is 0 Å². The highest BCUT2D eigenvalue weighted by Gasteiger charge is 2.33. The molecule has 1 unspecified atom stereocenters. The highest BCUT2D eigenvalue weighted by atomic mass is 16.5. The summed E-state index contributed by atoms with van der Waals surface area (Å²) in [5.74, 6) is -0.992. The molecule has 158 valence electrons. The number of ether oxygens (including phenoxy) is 2. The number of pyridine rings is 1. The van der Waals surface area contributed by atoms with Gasteiger partial charge in [0.25, 0.3) is 11.8 Å². The van der Waals surface area contributed by atoms with Gasteiger partial charge < -0.3 is 19.7 Å². The van der Waals surface area contributed by atoms with E-state index in [0.717, 1.165) is 0 Å². The lowest BCUT2D eigenvalue weighted by molar-refractivity contribution is -0.128. The van der Waals surface area contributed by atoms with E-state index in [0.29, 0.717) is 33.6 Å². The largest absolute Gasteiger partial charge is 0.477 e. The topological polar surface area (TPSA) is 97.8 Å². The van der Waals surface area contributed by atoms with Crippen LogP contribution in [0.4, 0.5) is 5.69 Å². The summed E-state index contributed by atoms with van der Waals surface area (Å²) in [6.07, 6.45) is -0.855. The SMILES string of the molecule is CNC(=O)C1CN(C(=O)COC(=O)c2cc(C)nc3ccccc23)c2ccccc2O1. The molecule has 31 heavy (non-hydrogen) atoms. The third-order valence-corrected chi connectivity index (χ3v) is 5.00. The number of hydrogen-bond acceptors (Lipinski definition) is 6. The average molecular weight is 419 g/mol. The van der Waals surface area contributed by atoms with Crippen LogP contribution in [0.1, 0.15) is 16.1 Å². The molecule has 0 spiro atoms. The third-order valence-electron chi connectivity index (χ3n) is 5.00. The molecule has 0 fully saturated rings. The highest BCUT2D eigenvalue weighted by molar-refractivity contribution is 6.05. The van der Waals surface area contributed by atoms with Crippen molar-refractivity contribution in [1.29, 1.82) is 0 Å². The maximum Gasteiger partial charge on any atom is 0.339 e. The van der Waals surface area contributed by atoms with Crippen LogP contribution in [0, 0.1) is 6.92 Å². The molecule has 4 rings (SSSR count). The summed E-state index contributed by atoms with van der Waals surface area (Å²) in [6, 6.07) is 15.8. The standard InChI is InChI=1S/C23H21N3O5/c1-14-11-16(15-7-3-4-8-17(15)25-14)23(29)30-13-21(27)26-12-20(22(28)24-2)31-19-10-6-5-9-18(19)26/h3-11,20H,12-13H2,1-2H3,(H,24,28). The fraction of sp³-hybridized carbons (Fsp3) is 0.217. The molecule has 2 amide bonds. The number of nitrogens with zero attached hydrogens (tertiary/aromatic N) is 2. The Morgan fingerprint density at radius 3 is 2.71 bits per heavy atom. The van der Waals surface area contributed by atoms with E-state index in [-0.39, 0.29) is 12.5 Å². The van der Waals surface area contributed by atoms with Crippen molar-refractivity contribution in [2.24, 2.45) is 0 Å². The maximum atomic E-state index is 12.9. The first-order valence-electron chi connectivity index (χ1n) is 9.79. The smallest absolute Gasteiger partial charge is 0.339 e. The van der Waals surface area contributed by atoms with Gasteiger partial charge in [0.1, 0.15) is 5.75 Å². The quantitative estimate of drug-likeness (QED) is 0.652. The van der Waals surface area contributed by atoms with E-state index in [1.807, 2.05) is 18.2 Å².